The summed E-state index contributed by atoms with van der Waals surface area (Å²) in [6.07, 6.45) is 1.69. The summed E-state index contributed by atoms with van der Waals surface area (Å²) >= 11 is 0. The smallest absolute Gasteiger partial charge is 0.213 e. The Kier molecular flexibility index (Phi) is 4.62. The molecule has 0 amide bonds. The summed E-state index contributed by atoms with van der Waals surface area (Å²) in [5.74, 6) is 0.611. The van der Waals surface area contributed by atoms with Gasteiger partial charge in [-0.05, 0) is 18.6 Å². The fourth-order valence-corrected chi connectivity index (χ4v) is 0.820. The molecule has 1 aromatic heterocycles. The Morgan fingerprint density at radius 1 is 1.58 bits per heavy atom. The largest absolute Gasteiger partial charge is 0.481 e. The molecule has 0 aliphatic carbocycles. The van der Waals surface area contributed by atoms with Gasteiger partial charge in [0.2, 0.25) is 5.88 Å². The highest BCUT2D eigenvalue weighted by atomic mass is 35.5. The highest BCUT2D eigenvalue weighted by Crippen LogP contribution is 2.13. The van der Waals surface area contributed by atoms with E-state index >= 15 is 0 Å². The first-order valence-corrected chi connectivity index (χ1v) is 3.49. The van der Waals surface area contributed by atoms with Crippen molar-refractivity contribution >= 4 is 12.4 Å². The molecule has 0 aliphatic rings. The second-order valence-corrected chi connectivity index (χ2v) is 2.42. The average molecular weight is 189 g/mol. The molecule has 2 N–H and O–H groups in total. The molecular formula is C8H13ClN2O. The lowest BCUT2D eigenvalue weighted by Gasteiger charge is -2.05. The van der Waals surface area contributed by atoms with Gasteiger partial charge in [0, 0.05) is 18.3 Å². The van der Waals surface area contributed by atoms with E-state index in [2.05, 4.69) is 4.98 Å². The third-order valence-electron chi connectivity index (χ3n) is 1.49. The molecule has 0 aliphatic heterocycles. The minimum absolute atomic E-state index is 0. The molecule has 0 bridgehead atoms. The summed E-state index contributed by atoms with van der Waals surface area (Å²) in [6, 6.07) is 3.75. The predicted molar refractivity (Wildman–Crippen MR) is 50.6 cm³/mol. The Morgan fingerprint density at radius 3 is 2.75 bits per heavy atom. The zero-order valence-electron chi connectivity index (χ0n) is 7.15. The van der Waals surface area contributed by atoms with E-state index in [1.54, 1.807) is 13.3 Å². The molecule has 1 rings (SSSR count). The van der Waals surface area contributed by atoms with Crippen molar-refractivity contribution in [2.24, 2.45) is 5.73 Å². The lowest BCUT2D eigenvalue weighted by atomic mass is 10.1. The summed E-state index contributed by atoms with van der Waals surface area (Å²) in [4.78, 5) is 3.96. The van der Waals surface area contributed by atoms with Crippen LogP contribution in [0.3, 0.4) is 0 Å². The molecule has 68 valence electrons. The van der Waals surface area contributed by atoms with Crippen LogP contribution in [0, 0.1) is 0 Å². The van der Waals surface area contributed by atoms with Crippen LogP contribution in [0.25, 0.3) is 0 Å². The molecule has 3 nitrogen and oxygen atoms in total. The van der Waals surface area contributed by atoms with Crippen LogP contribution in [-0.2, 0) is 0 Å². The van der Waals surface area contributed by atoms with Crippen molar-refractivity contribution in [1.82, 2.24) is 4.98 Å². The van der Waals surface area contributed by atoms with Crippen molar-refractivity contribution in [2.75, 3.05) is 7.11 Å². The second-order valence-electron chi connectivity index (χ2n) is 2.42. The lowest BCUT2D eigenvalue weighted by molar-refractivity contribution is 0.397. The van der Waals surface area contributed by atoms with Gasteiger partial charge in [-0.15, -0.1) is 12.4 Å². The van der Waals surface area contributed by atoms with Crippen LogP contribution >= 0.6 is 12.4 Å². The Bertz CT molecular complexity index is 240. The fourth-order valence-electron chi connectivity index (χ4n) is 0.820. The first kappa shape index (κ1) is 11.2. The zero-order chi connectivity index (χ0) is 8.27. The number of hydrogen-bond acceptors (Lipinski definition) is 3. The Hall–Kier alpha value is -0.800. The second kappa shape index (κ2) is 4.95. The predicted octanol–water partition coefficient (Wildman–Crippen LogP) is 1.53. The first-order chi connectivity index (χ1) is 5.24. The summed E-state index contributed by atoms with van der Waals surface area (Å²) in [6.45, 7) is 1.93. The van der Waals surface area contributed by atoms with Crippen LogP contribution in [-0.4, -0.2) is 12.1 Å². The van der Waals surface area contributed by atoms with Gasteiger partial charge in [0.05, 0.1) is 7.11 Å². The van der Waals surface area contributed by atoms with Crippen molar-refractivity contribution in [3.05, 3.63) is 23.9 Å². The zero-order valence-corrected chi connectivity index (χ0v) is 7.97. The van der Waals surface area contributed by atoms with Gasteiger partial charge in [-0.3, -0.25) is 0 Å². The number of hydrogen-bond donors (Lipinski definition) is 1. The number of aromatic nitrogens is 1. The number of rotatable bonds is 2. The molecule has 1 atom stereocenters. The van der Waals surface area contributed by atoms with E-state index < -0.39 is 0 Å². The van der Waals surface area contributed by atoms with Gasteiger partial charge in [-0.2, -0.15) is 0 Å². The SMILES string of the molecule is COc1cc(C(C)N)ccn1.Cl. The van der Waals surface area contributed by atoms with Crippen LogP contribution in [0.2, 0.25) is 0 Å². The standard InChI is InChI=1S/C8H12N2O.ClH/c1-6(9)7-3-4-10-8(5-7)11-2;/h3-6H,9H2,1-2H3;1H. The molecular weight excluding hydrogens is 176 g/mol. The maximum atomic E-state index is 5.65. The van der Waals surface area contributed by atoms with Crippen molar-refractivity contribution in [1.29, 1.82) is 0 Å². The molecule has 0 aromatic carbocycles. The first-order valence-electron chi connectivity index (χ1n) is 3.49. The van der Waals surface area contributed by atoms with E-state index in [-0.39, 0.29) is 18.4 Å². The number of ether oxygens (including phenoxy) is 1. The van der Waals surface area contributed by atoms with Crippen molar-refractivity contribution in [3.8, 4) is 5.88 Å². The molecule has 4 heteroatoms. The lowest BCUT2D eigenvalue weighted by Crippen LogP contribution is -2.05. The maximum Gasteiger partial charge on any atom is 0.213 e. The molecule has 0 saturated carbocycles. The molecule has 12 heavy (non-hydrogen) atoms. The summed E-state index contributed by atoms with van der Waals surface area (Å²) < 4.78 is 4.94. The van der Waals surface area contributed by atoms with Gasteiger partial charge in [0.1, 0.15) is 0 Å². The van der Waals surface area contributed by atoms with Gasteiger partial charge in [-0.25, -0.2) is 4.98 Å². The molecule has 0 spiro atoms. The number of halogens is 1. The van der Waals surface area contributed by atoms with E-state index in [1.165, 1.54) is 0 Å². The topological polar surface area (TPSA) is 48.1 Å². The van der Waals surface area contributed by atoms with Crippen LogP contribution in [0.1, 0.15) is 18.5 Å². The van der Waals surface area contributed by atoms with Crippen LogP contribution in [0.4, 0.5) is 0 Å². The van der Waals surface area contributed by atoms with Gasteiger partial charge in [0.25, 0.3) is 0 Å². The van der Waals surface area contributed by atoms with E-state index in [9.17, 15) is 0 Å². The molecule has 0 radical (unpaired) electrons. The summed E-state index contributed by atoms with van der Waals surface area (Å²) in [5, 5.41) is 0. The third kappa shape index (κ3) is 2.68. The molecule has 1 aromatic rings. The van der Waals surface area contributed by atoms with Crippen molar-refractivity contribution < 1.29 is 4.74 Å². The van der Waals surface area contributed by atoms with E-state index in [1.807, 2.05) is 19.1 Å². The Morgan fingerprint density at radius 2 is 2.25 bits per heavy atom. The minimum Gasteiger partial charge on any atom is -0.481 e. The number of pyridine rings is 1. The average Bonchev–Trinajstić information content (AvgIpc) is 2.05. The van der Waals surface area contributed by atoms with Gasteiger partial charge < -0.3 is 10.5 Å². The van der Waals surface area contributed by atoms with E-state index in [4.69, 9.17) is 10.5 Å². The number of nitrogens with zero attached hydrogens (tertiary/aromatic N) is 1. The van der Waals surface area contributed by atoms with E-state index in [0.29, 0.717) is 5.88 Å². The highest BCUT2D eigenvalue weighted by Gasteiger charge is 1.99. The Balaban J connectivity index is 0.00000121. The van der Waals surface area contributed by atoms with Crippen LogP contribution in [0.5, 0.6) is 5.88 Å². The van der Waals surface area contributed by atoms with Gasteiger partial charge in [0.15, 0.2) is 0 Å². The number of nitrogens with two attached hydrogens (primary N) is 1. The minimum atomic E-state index is 0. The molecule has 1 unspecified atom stereocenters. The summed E-state index contributed by atoms with van der Waals surface area (Å²) in [5.41, 5.74) is 6.69. The van der Waals surface area contributed by atoms with E-state index in [0.717, 1.165) is 5.56 Å². The molecule has 1 heterocycles. The van der Waals surface area contributed by atoms with Crippen LogP contribution < -0.4 is 10.5 Å². The monoisotopic (exact) mass is 188 g/mol. The quantitative estimate of drug-likeness (QED) is 0.766. The third-order valence-corrected chi connectivity index (χ3v) is 1.49. The van der Waals surface area contributed by atoms with Gasteiger partial charge >= 0.3 is 0 Å². The van der Waals surface area contributed by atoms with Gasteiger partial charge in [-0.1, -0.05) is 0 Å². The van der Waals surface area contributed by atoms with Crippen molar-refractivity contribution in [2.45, 2.75) is 13.0 Å². The van der Waals surface area contributed by atoms with Crippen molar-refractivity contribution in [3.63, 3.8) is 0 Å². The maximum absolute atomic E-state index is 5.65. The normalized spacial score (nSPS) is 11.6. The Labute approximate surface area is 78.4 Å². The van der Waals surface area contributed by atoms with Crippen LogP contribution in [0.15, 0.2) is 18.3 Å². The highest BCUT2D eigenvalue weighted by molar-refractivity contribution is 5.85. The molecule has 0 saturated heterocycles. The molecule has 0 fully saturated rings. The fraction of sp³-hybridized carbons (Fsp3) is 0.375. The number of methoxy groups -OCH3 is 1. The summed E-state index contributed by atoms with van der Waals surface area (Å²) in [7, 11) is 1.59.